The molecule has 0 amide bonds. The highest BCUT2D eigenvalue weighted by atomic mass is 31.2. The molecule has 0 spiro atoms. The van der Waals surface area contributed by atoms with Crippen molar-refractivity contribution in [2.75, 3.05) is 0 Å². The quantitative estimate of drug-likeness (QED) is 0.707. The van der Waals surface area contributed by atoms with Crippen LogP contribution in [0.1, 0.15) is 25.1 Å². The summed E-state index contributed by atoms with van der Waals surface area (Å²) in [6, 6.07) is 8.41. The second-order valence-electron chi connectivity index (χ2n) is 4.18. The second kappa shape index (κ2) is 5.11. The van der Waals surface area contributed by atoms with E-state index in [0.29, 0.717) is 5.56 Å². The highest BCUT2D eigenvalue weighted by Gasteiger charge is 2.37. The molecule has 0 aliphatic rings. The first-order valence-corrected chi connectivity index (χ1v) is 6.80. The van der Waals surface area contributed by atoms with Gasteiger partial charge in [-0.05, 0) is 11.5 Å². The van der Waals surface area contributed by atoms with Crippen molar-refractivity contribution in [3.8, 4) is 0 Å². The van der Waals surface area contributed by atoms with E-state index in [0.717, 1.165) is 0 Å². The SMILES string of the molecule is CC(C)[C@H](O)[C@H](c1ccccc1)P(=O)(O)O. The Morgan fingerprint density at radius 1 is 1.12 bits per heavy atom. The van der Waals surface area contributed by atoms with Crippen LogP contribution in [0, 0.1) is 5.92 Å². The minimum absolute atomic E-state index is 0.210. The van der Waals surface area contributed by atoms with Gasteiger partial charge in [0.25, 0.3) is 0 Å². The molecule has 4 nitrogen and oxygen atoms in total. The molecule has 0 unspecified atom stereocenters. The molecule has 90 valence electrons. The highest BCUT2D eigenvalue weighted by molar-refractivity contribution is 7.52. The van der Waals surface area contributed by atoms with Gasteiger partial charge in [-0.15, -0.1) is 0 Å². The lowest BCUT2D eigenvalue weighted by molar-refractivity contribution is 0.110. The Hall–Kier alpha value is -0.670. The van der Waals surface area contributed by atoms with Crippen LogP contribution in [0.4, 0.5) is 0 Å². The van der Waals surface area contributed by atoms with Crippen LogP contribution in [0.5, 0.6) is 0 Å². The number of benzene rings is 1. The van der Waals surface area contributed by atoms with Gasteiger partial charge in [0, 0.05) is 0 Å². The van der Waals surface area contributed by atoms with Gasteiger partial charge in [-0.25, -0.2) is 0 Å². The Morgan fingerprint density at radius 2 is 1.62 bits per heavy atom. The van der Waals surface area contributed by atoms with Gasteiger partial charge in [0.2, 0.25) is 0 Å². The standard InChI is InChI=1S/C11H17O4P/c1-8(2)10(12)11(16(13,14)15)9-6-4-3-5-7-9/h3-8,10-12H,1-2H3,(H2,13,14,15)/t10-,11-/m0/s1. The van der Waals surface area contributed by atoms with Crippen LogP contribution in [0.15, 0.2) is 30.3 Å². The molecule has 0 radical (unpaired) electrons. The van der Waals surface area contributed by atoms with Gasteiger partial charge in [0.15, 0.2) is 0 Å². The maximum absolute atomic E-state index is 11.4. The van der Waals surface area contributed by atoms with Crippen molar-refractivity contribution in [1.82, 2.24) is 0 Å². The molecule has 1 rings (SSSR count). The summed E-state index contributed by atoms with van der Waals surface area (Å²) in [5.41, 5.74) is -0.675. The first-order chi connectivity index (χ1) is 7.34. The molecule has 1 aromatic rings. The number of hydrogen-bond donors (Lipinski definition) is 3. The summed E-state index contributed by atoms with van der Waals surface area (Å²) in [6.45, 7) is 3.46. The maximum atomic E-state index is 11.4. The van der Waals surface area contributed by atoms with E-state index >= 15 is 0 Å². The van der Waals surface area contributed by atoms with Crippen molar-refractivity contribution < 1.29 is 19.5 Å². The molecule has 0 aliphatic carbocycles. The number of aliphatic hydroxyl groups excluding tert-OH is 1. The zero-order chi connectivity index (χ0) is 12.3. The molecule has 0 bridgehead atoms. The van der Waals surface area contributed by atoms with Crippen LogP contribution >= 0.6 is 7.60 Å². The molecule has 0 aliphatic heterocycles. The molecule has 0 aromatic heterocycles. The Kier molecular flexibility index (Phi) is 4.28. The fraction of sp³-hybridized carbons (Fsp3) is 0.455. The van der Waals surface area contributed by atoms with Gasteiger partial charge >= 0.3 is 7.60 Å². The maximum Gasteiger partial charge on any atom is 0.335 e. The third-order valence-electron chi connectivity index (χ3n) is 2.51. The summed E-state index contributed by atoms with van der Waals surface area (Å²) in [5, 5.41) is 9.88. The predicted molar refractivity (Wildman–Crippen MR) is 62.1 cm³/mol. The fourth-order valence-electron chi connectivity index (χ4n) is 1.61. The van der Waals surface area contributed by atoms with Gasteiger partial charge in [0.1, 0.15) is 5.66 Å². The van der Waals surface area contributed by atoms with E-state index in [1.807, 2.05) is 0 Å². The van der Waals surface area contributed by atoms with Crippen LogP contribution in [0.2, 0.25) is 0 Å². The Balaban J connectivity index is 3.12. The Bertz CT molecular complexity index is 371. The van der Waals surface area contributed by atoms with Crippen molar-refractivity contribution in [3.05, 3.63) is 35.9 Å². The molecule has 0 saturated carbocycles. The lowest BCUT2D eigenvalue weighted by Crippen LogP contribution is -2.24. The number of hydrogen-bond acceptors (Lipinski definition) is 2. The van der Waals surface area contributed by atoms with Crippen LogP contribution in [0.25, 0.3) is 0 Å². The van der Waals surface area contributed by atoms with Crippen molar-refractivity contribution in [2.45, 2.75) is 25.6 Å². The van der Waals surface area contributed by atoms with E-state index in [1.54, 1.807) is 44.2 Å². The van der Waals surface area contributed by atoms with E-state index in [4.69, 9.17) is 0 Å². The lowest BCUT2D eigenvalue weighted by atomic mass is 9.99. The molecule has 16 heavy (non-hydrogen) atoms. The molecule has 5 heteroatoms. The van der Waals surface area contributed by atoms with Crippen LogP contribution in [-0.4, -0.2) is 21.0 Å². The van der Waals surface area contributed by atoms with Gasteiger partial charge < -0.3 is 14.9 Å². The van der Waals surface area contributed by atoms with Crippen LogP contribution < -0.4 is 0 Å². The average Bonchev–Trinajstić information content (AvgIpc) is 2.17. The van der Waals surface area contributed by atoms with Crippen molar-refractivity contribution in [2.24, 2.45) is 5.92 Å². The molecule has 3 N–H and O–H groups in total. The largest absolute Gasteiger partial charge is 0.392 e. The average molecular weight is 244 g/mol. The van der Waals surface area contributed by atoms with Crippen molar-refractivity contribution in [3.63, 3.8) is 0 Å². The van der Waals surface area contributed by atoms with E-state index in [2.05, 4.69) is 0 Å². The number of aliphatic hydroxyl groups is 1. The van der Waals surface area contributed by atoms with Gasteiger partial charge in [-0.1, -0.05) is 44.2 Å². The summed E-state index contributed by atoms with van der Waals surface area (Å²) < 4.78 is 11.4. The third kappa shape index (κ3) is 3.16. The summed E-state index contributed by atoms with van der Waals surface area (Å²) in [7, 11) is -4.36. The van der Waals surface area contributed by atoms with E-state index < -0.39 is 19.4 Å². The van der Waals surface area contributed by atoms with E-state index in [1.165, 1.54) is 0 Å². The predicted octanol–water partition coefficient (Wildman–Crippen LogP) is 1.92. The number of rotatable bonds is 4. The Morgan fingerprint density at radius 3 is 2.00 bits per heavy atom. The van der Waals surface area contributed by atoms with Gasteiger partial charge in [-0.3, -0.25) is 4.57 Å². The van der Waals surface area contributed by atoms with Crippen molar-refractivity contribution in [1.29, 1.82) is 0 Å². The smallest absolute Gasteiger partial charge is 0.335 e. The topological polar surface area (TPSA) is 77.8 Å². The summed E-state index contributed by atoms with van der Waals surface area (Å²) in [4.78, 5) is 18.6. The first-order valence-electron chi connectivity index (χ1n) is 5.12. The molecule has 0 saturated heterocycles. The summed E-state index contributed by atoms with van der Waals surface area (Å²) in [6.07, 6.45) is -1.05. The van der Waals surface area contributed by atoms with Gasteiger partial charge in [0.05, 0.1) is 6.10 Å². The summed E-state index contributed by atoms with van der Waals surface area (Å²) in [5.74, 6) is -0.210. The Labute approximate surface area is 95.1 Å². The fourth-order valence-corrected chi connectivity index (χ4v) is 2.91. The zero-order valence-corrected chi connectivity index (χ0v) is 10.2. The molecule has 1 aromatic carbocycles. The van der Waals surface area contributed by atoms with Crippen LogP contribution in [-0.2, 0) is 4.57 Å². The molecule has 2 atom stereocenters. The minimum atomic E-state index is -4.36. The summed E-state index contributed by atoms with van der Waals surface area (Å²) >= 11 is 0. The normalized spacial score (nSPS) is 16.1. The third-order valence-corrected chi connectivity index (χ3v) is 3.84. The van der Waals surface area contributed by atoms with E-state index in [9.17, 15) is 19.5 Å². The second-order valence-corrected chi connectivity index (χ2v) is 5.91. The molecule has 0 fully saturated rings. The monoisotopic (exact) mass is 244 g/mol. The minimum Gasteiger partial charge on any atom is -0.392 e. The molecular weight excluding hydrogens is 227 g/mol. The first kappa shape index (κ1) is 13.4. The zero-order valence-electron chi connectivity index (χ0n) is 9.32. The highest BCUT2D eigenvalue weighted by Crippen LogP contribution is 2.54. The van der Waals surface area contributed by atoms with Gasteiger partial charge in [-0.2, -0.15) is 0 Å². The molecular formula is C11H17O4P. The van der Waals surface area contributed by atoms with Crippen LogP contribution in [0.3, 0.4) is 0 Å². The van der Waals surface area contributed by atoms with E-state index in [-0.39, 0.29) is 5.92 Å². The van der Waals surface area contributed by atoms with Crippen molar-refractivity contribution >= 4 is 7.60 Å². The molecule has 0 heterocycles. The lowest BCUT2D eigenvalue weighted by Gasteiger charge is -2.26.